The topological polar surface area (TPSA) is 50.2 Å². The van der Waals surface area contributed by atoms with Gasteiger partial charge in [0.2, 0.25) is 5.78 Å². The summed E-state index contributed by atoms with van der Waals surface area (Å²) < 4.78 is 106. The van der Waals surface area contributed by atoms with Crippen LogP contribution in [0.5, 0.6) is 0 Å². The van der Waals surface area contributed by atoms with Gasteiger partial charge in [0.15, 0.2) is 0 Å². The molecule has 0 aliphatic heterocycles. The number of rotatable bonds is 2. The van der Waals surface area contributed by atoms with Gasteiger partial charge in [0.1, 0.15) is 17.3 Å². The van der Waals surface area contributed by atoms with Gasteiger partial charge in [-0.05, 0) is 24.3 Å². The van der Waals surface area contributed by atoms with Crippen LogP contribution in [0.4, 0.5) is 35.1 Å². The van der Waals surface area contributed by atoms with Crippen molar-refractivity contribution in [1.29, 1.82) is 0 Å². The van der Waals surface area contributed by atoms with Crippen LogP contribution in [-0.2, 0) is 12.4 Å². The first-order valence-corrected chi connectivity index (χ1v) is 8.72. The lowest BCUT2D eigenvalue weighted by Gasteiger charge is -2.09. The van der Waals surface area contributed by atoms with E-state index in [2.05, 4.69) is 4.98 Å². The third-order valence-electron chi connectivity index (χ3n) is 4.59. The van der Waals surface area contributed by atoms with Crippen LogP contribution in [-0.4, -0.2) is 14.4 Å². The van der Waals surface area contributed by atoms with Gasteiger partial charge in [0.25, 0.3) is 5.56 Å². The summed E-state index contributed by atoms with van der Waals surface area (Å²) in [5.74, 6) is -2.73. The first-order chi connectivity index (χ1) is 14.9. The van der Waals surface area contributed by atoms with Crippen molar-refractivity contribution in [2.75, 3.05) is 0 Å². The fraction of sp³-hybridized carbons (Fsp3) is 0.100. The zero-order valence-corrected chi connectivity index (χ0v) is 15.4. The molecule has 4 aromatic rings. The molecule has 2 heterocycles. The van der Waals surface area contributed by atoms with E-state index in [0.29, 0.717) is 22.6 Å². The Morgan fingerprint density at radius 2 is 1.50 bits per heavy atom. The Kier molecular flexibility index (Phi) is 4.83. The number of nitrogens with one attached hydrogen (secondary N) is 1. The van der Waals surface area contributed by atoms with Crippen molar-refractivity contribution >= 4 is 5.78 Å². The molecular weight excluding hydrogens is 450 g/mol. The van der Waals surface area contributed by atoms with E-state index in [1.165, 1.54) is 0 Å². The molecule has 0 atom stereocenters. The minimum absolute atomic E-state index is 0.0400. The molecule has 32 heavy (non-hydrogen) atoms. The number of nitrogens with zero attached hydrogens (tertiary/aromatic N) is 2. The first kappa shape index (κ1) is 21.5. The van der Waals surface area contributed by atoms with Crippen molar-refractivity contribution in [3.05, 3.63) is 81.8 Å². The molecule has 0 aliphatic carbocycles. The molecule has 1 N–H and O–H groups in total. The maximum atomic E-state index is 14.5. The average Bonchev–Trinajstić information content (AvgIpc) is 3.07. The lowest BCUT2D eigenvalue weighted by molar-refractivity contribution is -0.141. The highest BCUT2D eigenvalue weighted by atomic mass is 19.4. The first-order valence-electron chi connectivity index (χ1n) is 8.72. The van der Waals surface area contributed by atoms with E-state index in [1.807, 2.05) is 4.98 Å². The lowest BCUT2D eigenvalue weighted by atomic mass is 10.0. The highest BCUT2D eigenvalue weighted by molar-refractivity contribution is 5.81. The third kappa shape index (κ3) is 3.72. The van der Waals surface area contributed by atoms with Crippen LogP contribution in [0.3, 0.4) is 0 Å². The fourth-order valence-corrected chi connectivity index (χ4v) is 3.16. The predicted molar refractivity (Wildman–Crippen MR) is 96.6 cm³/mol. The molecule has 0 saturated heterocycles. The molecule has 0 spiro atoms. The van der Waals surface area contributed by atoms with Crippen molar-refractivity contribution in [3.8, 4) is 22.5 Å². The minimum atomic E-state index is -4.93. The van der Waals surface area contributed by atoms with Gasteiger partial charge >= 0.3 is 12.4 Å². The van der Waals surface area contributed by atoms with Crippen molar-refractivity contribution in [2.45, 2.75) is 12.4 Å². The lowest BCUT2D eigenvalue weighted by Crippen LogP contribution is -2.20. The van der Waals surface area contributed by atoms with Crippen LogP contribution in [0.25, 0.3) is 28.3 Å². The van der Waals surface area contributed by atoms with Crippen LogP contribution < -0.4 is 5.56 Å². The summed E-state index contributed by atoms with van der Waals surface area (Å²) in [5.41, 5.74) is -4.72. The predicted octanol–water partition coefficient (Wildman–Crippen LogP) is 5.67. The normalized spacial score (nSPS) is 12.5. The molecule has 2 aromatic heterocycles. The van der Waals surface area contributed by atoms with Gasteiger partial charge < -0.3 is 4.98 Å². The Balaban J connectivity index is 2.05. The third-order valence-corrected chi connectivity index (χ3v) is 4.59. The number of fused-ring (bicyclic) bond motifs is 1. The smallest absolute Gasteiger partial charge is 0.321 e. The summed E-state index contributed by atoms with van der Waals surface area (Å²) in [6, 6.07) is 5.88. The Hall–Kier alpha value is -3.70. The Morgan fingerprint density at radius 1 is 0.844 bits per heavy atom. The number of hydrogen-bond donors (Lipinski definition) is 1. The zero-order chi connectivity index (χ0) is 23.4. The molecular formula is C20H9F8N3O. The summed E-state index contributed by atoms with van der Waals surface area (Å²) in [6.07, 6.45) is -9.58. The largest absolute Gasteiger partial charge is 0.431 e. The van der Waals surface area contributed by atoms with E-state index in [4.69, 9.17) is 0 Å². The molecule has 0 fully saturated rings. The summed E-state index contributed by atoms with van der Waals surface area (Å²) in [5, 5.41) is 0. The maximum Gasteiger partial charge on any atom is 0.431 e. The van der Waals surface area contributed by atoms with Crippen LogP contribution in [0.15, 0.2) is 53.3 Å². The Morgan fingerprint density at radius 3 is 2.06 bits per heavy atom. The van der Waals surface area contributed by atoms with E-state index < -0.39 is 46.6 Å². The summed E-state index contributed by atoms with van der Waals surface area (Å²) in [6.45, 7) is 0. The number of hydrogen-bond acceptors (Lipinski definition) is 2. The van der Waals surface area contributed by atoms with E-state index in [0.717, 1.165) is 24.3 Å². The molecule has 2 aromatic carbocycles. The molecule has 12 heteroatoms. The second-order valence-electron chi connectivity index (χ2n) is 6.69. The highest BCUT2D eigenvalue weighted by Crippen LogP contribution is 2.36. The number of imidazole rings is 1. The van der Waals surface area contributed by atoms with Gasteiger partial charge in [-0.1, -0.05) is 12.1 Å². The van der Waals surface area contributed by atoms with Crippen molar-refractivity contribution < 1.29 is 35.1 Å². The quantitative estimate of drug-likeness (QED) is 0.393. The van der Waals surface area contributed by atoms with Crippen LogP contribution in [0.2, 0.25) is 0 Å². The zero-order valence-electron chi connectivity index (χ0n) is 15.4. The molecule has 166 valence electrons. The fourth-order valence-electron chi connectivity index (χ4n) is 3.16. The molecule has 0 bridgehead atoms. The van der Waals surface area contributed by atoms with E-state index in [1.54, 1.807) is 0 Å². The molecule has 4 rings (SSSR count). The van der Waals surface area contributed by atoms with Crippen LogP contribution in [0.1, 0.15) is 11.3 Å². The van der Waals surface area contributed by atoms with Crippen molar-refractivity contribution in [2.24, 2.45) is 0 Å². The number of halogens is 8. The molecule has 0 saturated carbocycles. The number of alkyl halides is 6. The van der Waals surface area contributed by atoms with Gasteiger partial charge in [0, 0.05) is 23.3 Å². The standard InChI is InChI=1S/C20H9F8N3O/c21-11-5-6-12(13(22)7-11)17-16(9-1-3-10(4-2-9)19(23,24)25)30-18-29-14(20(26,27)28)8-15(32)31(17)18/h1-8H,(H,29,30). The summed E-state index contributed by atoms with van der Waals surface area (Å²) >= 11 is 0. The monoisotopic (exact) mass is 459 g/mol. The van der Waals surface area contributed by atoms with E-state index in [-0.39, 0.29) is 28.6 Å². The summed E-state index contributed by atoms with van der Waals surface area (Å²) in [4.78, 5) is 18.3. The average molecular weight is 459 g/mol. The van der Waals surface area contributed by atoms with Crippen LogP contribution >= 0.6 is 0 Å². The minimum Gasteiger partial charge on any atom is -0.321 e. The van der Waals surface area contributed by atoms with Crippen LogP contribution in [0, 0.1) is 11.6 Å². The Labute approximate surface area is 172 Å². The van der Waals surface area contributed by atoms with Gasteiger partial charge in [-0.2, -0.15) is 26.3 Å². The molecule has 0 radical (unpaired) electrons. The van der Waals surface area contributed by atoms with Gasteiger partial charge in [-0.25, -0.2) is 18.2 Å². The number of aromatic nitrogens is 3. The second-order valence-corrected chi connectivity index (χ2v) is 6.69. The Bertz CT molecular complexity index is 1380. The molecule has 0 unspecified atom stereocenters. The molecule has 0 amide bonds. The SMILES string of the molecule is O=c1cc(C(F)(F)F)[nH]c2nc(-c3ccc(C(F)(F)F)cc3)c(-c3ccc(F)cc3F)n12. The maximum absolute atomic E-state index is 14.5. The molecule has 0 aliphatic rings. The molecule has 4 nitrogen and oxygen atoms in total. The van der Waals surface area contributed by atoms with Gasteiger partial charge in [-0.15, -0.1) is 0 Å². The summed E-state index contributed by atoms with van der Waals surface area (Å²) in [7, 11) is 0. The number of H-pyrrole nitrogens is 1. The van der Waals surface area contributed by atoms with Gasteiger partial charge in [0.05, 0.1) is 17.0 Å². The van der Waals surface area contributed by atoms with Crippen molar-refractivity contribution in [3.63, 3.8) is 0 Å². The van der Waals surface area contributed by atoms with E-state index in [9.17, 15) is 39.9 Å². The number of aromatic amines is 1. The van der Waals surface area contributed by atoms with Crippen molar-refractivity contribution in [1.82, 2.24) is 14.4 Å². The highest BCUT2D eigenvalue weighted by Gasteiger charge is 2.34. The number of benzene rings is 2. The van der Waals surface area contributed by atoms with Gasteiger partial charge in [-0.3, -0.25) is 4.79 Å². The van der Waals surface area contributed by atoms with E-state index >= 15 is 0 Å². The second kappa shape index (κ2) is 7.18.